The second-order valence-corrected chi connectivity index (χ2v) is 26.2. The summed E-state index contributed by atoms with van der Waals surface area (Å²) in [5, 5.41) is 4.89. The monoisotopic (exact) mass is 605 g/mol. The fourth-order valence-corrected chi connectivity index (χ4v) is 7.83. The van der Waals surface area contributed by atoms with Gasteiger partial charge in [0.1, 0.15) is 19.3 Å². The van der Waals surface area contributed by atoms with Gasteiger partial charge < -0.3 is 14.4 Å². The third-order valence-corrected chi connectivity index (χ3v) is 12.3. The van der Waals surface area contributed by atoms with Gasteiger partial charge in [0, 0.05) is 64.4 Å². The number of pyridine rings is 1. The summed E-state index contributed by atoms with van der Waals surface area (Å²) in [5.74, 6) is 3.14. The molecule has 0 saturated heterocycles. The van der Waals surface area contributed by atoms with Crippen LogP contribution in [0.25, 0.3) is 22.9 Å². The van der Waals surface area contributed by atoms with Crippen molar-refractivity contribution in [3.63, 3.8) is 0 Å². The van der Waals surface area contributed by atoms with Crippen LogP contribution >= 0.6 is 0 Å². The average molecular weight is 606 g/mol. The number of hydrogen-bond acceptors (Lipinski definition) is 6. The lowest BCUT2D eigenvalue weighted by molar-refractivity contribution is 0.0942. The van der Waals surface area contributed by atoms with Crippen molar-refractivity contribution in [1.29, 1.82) is 0 Å². The van der Waals surface area contributed by atoms with Crippen molar-refractivity contribution in [1.82, 2.24) is 19.6 Å². The highest BCUT2D eigenvalue weighted by Gasteiger charge is 2.36. The molecular weight excluding hydrogens is 555 g/mol. The van der Waals surface area contributed by atoms with Gasteiger partial charge in [-0.1, -0.05) is 64.8 Å². The van der Waals surface area contributed by atoms with E-state index in [1.807, 2.05) is 23.0 Å². The predicted octanol–water partition coefficient (Wildman–Crippen LogP) is 8.16. The third kappa shape index (κ3) is 7.98. The largest absolute Gasteiger partial charge is 0.361 e. The van der Waals surface area contributed by atoms with E-state index in [1.165, 1.54) is 37.8 Å². The Kier molecular flexibility index (Phi) is 9.71. The summed E-state index contributed by atoms with van der Waals surface area (Å²) in [6, 6.07) is 8.65. The fourth-order valence-electron chi connectivity index (χ4n) is 6.31. The maximum atomic E-state index is 6.33. The lowest BCUT2D eigenvalue weighted by atomic mass is 9.79. The van der Waals surface area contributed by atoms with E-state index < -0.39 is 16.1 Å². The van der Waals surface area contributed by atoms with Gasteiger partial charge in [-0.3, -0.25) is 4.98 Å². The minimum atomic E-state index is -1.19. The van der Waals surface area contributed by atoms with Gasteiger partial charge in [0.15, 0.2) is 5.65 Å². The van der Waals surface area contributed by atoms with Crippen molar-refractivity contribution in [3.05, 3.63) is 48.6 Å². The van der Waals surface area contributed by atoms with E-state index in [-0.39, 0.29) is 0 Å². The van der Waals surface area contributed by atoms with Gasteiger partial charge in [0.05, 0.1) is 11.9 Å². The van der Waals surface area contributed by atoms with Crippen LogP contribution in [0.4, 0.5) is 5.82 Å². The first-order valence-corrected chi connectivity index (χ1v) is 23.3. The normalized spacial score (nSPS) is 20.8. The fraction of sp³-hybridized carbons (Fsp3) is 0.606. The van der Waals surface area contributed by atoms with Gasteiger partial charge in [0.25, 0.3) is 0 Å². The number of nitrogens with zero attached hydrogens (tertiary/aromatic N) is 5. The van der Waals surface area contributed by atoms with Gasteiger partial charge in [-0.05, 0) is 55.3 Å². The number of ether oxygens (including phenoxy) is 2. The molecule has 3 atom stereocenters. The molecule has 5 rings (SSSR count). The molecule has 0 aliphatic heterocycles. The van der Waals surface area contributed by atoms with E-state index in [9.17, 15) is 0 Å². The van der Waals surface area contributed by atoms with Crippen LogP contribution in [0.1, 0.15) is 49.4 Å². The van der Waals surface area contributed by atoms with Crippen LogP contribution in [-0.4, -0.2) is 62.4 Å². The van der Waals surface area contributed by atoms with Crippen LogP contribution in [-0.2, 0) is 9.47 Å². The maximum absolute atomic E-state index is 6.33. The molecule has 42 heavy (non-hydrogen) atoms. The van der Waals surface area contributed by atoms with Crippen LogP contribution < -0.4 is 4.90 Å². The van der Waals surface area contributed by atoms with Gasteiger partial charge in [-0.2, -0.15) is 9.61 Å². The van der Waals surface area contributed by atoms with E-state index in [4.69, 9.17) is 19.6 Å². The Morgan fingerprint density at radius 1 is 0.929 bits per heavy atom. The van der Waals surface area contributed by atoms with Crippen LogP contribution in [0.5, 0.6) is 0 Å². The summed E-state index contributed by atoms with van der Waals surface area (Å²) in [5.41, 5.74) is 4.93. The highest BCUT2D eigenvalue weighted by atomic mass is 28.3. The molecule has 3 heterocycles. The Balaban J connectivity index is 1.51. The van der Waals surface area contributed by atoms with Gasteiger partial charge in [-0.25, -0.2) is 4.98 Å². The van der Waals surface area contributed by atoms with Crippen molar-refractivity contribution < 1.29 is 9.47 Å². The van der Waals surface area contributed by atoms with Crippen molar-refractivity contribution in [2.75, 3.05) is 31.6 Å². The number of rotatable bonds is 14. The molecule has 0 amide bonds. The Hall–Kier alpha value is -2.34. The highest BCUT2D eigenvalue weighted by Crippen LogP contribution is 2.48. The van der Waals surface area contributed by atoms with Crippen molar-refractivity contribution in [2.45, 2.75) is 89.4 Å². The van der Waals surface area contributed by atoms with E-state index in [2.05, 4.69) is 67.9 Å². The number of hydrogen-bond donors (Lipinski definition) is 0. The van der Waals surface area contributed by atoms with E-state index in [0.717, 1.165) is 65.4 Å². The first kappa shape index (κ1) is 31.1. The standard InChI is InChI=1S/C33H51N5O2Si2/c1-8-29-12-11-27(21-34-29)30-22-35-38-32(20-31(36-33(30)38)28-18-25-9-10-26(17-25)19-28)37(23-39-13-15-41(2,3)4)24-40-14-16-42(5,6)7/h8,11-12,20-22,25-26,28H,1,9-10,13-19,23-24H2,2-7H3/t25-,26+,28+. The molecule has 2 fully saturated rings. The maximum Gasteiger partial charge on any atom is 0.165 e. The Morgan fingerprint density at radius 2 is 1.57 bits per heavy atom. The molecular formula is C33H51N5O2Si2. The molecule has 9 heteroatoms. The second-order valence-electron chi connectivity index (χ2n) is 15.0. The zero-order valence-corrected chi connectivity index (χ0v) is 28.7. The molecule has 3 aromatic rings. The van der Waals surface area contributed by atoms with E-state index >= 15 is 0 Å². The van der Waals surface area contributed by atoms with Crippen molar-refractivity contribution >= 4 is 33.7 Å². The zero-order valence-electron chi connectivity index (χ0n) is 26.7. The van der Waals surface area contributed by atoms with Gasteiger partial charge in [0.2, 0.25) is 0 Å². The first-order chi connectivity index (χ1) is 20.0. The summed E-state index contributed by atoms with van der Waals surface area (Å²) in [7, 11) is -2.39. The third-order valence-electron chi connectivity index (χ3n) is 8.89. The zero-order chi connectivity index (χ0) is 29.9. The average Bonchev–Trinajstić information content (AvgIpc) is 3.52. The molecule has 2 bridgehead atoms. The molecule has 0 spiro atoms. The molecule has 0 aromatic carbocycles. The summed E-state index contributed by atoms with van der Waals surface area (Å²) < 4.78 is 14.6. The molecule has 2 aliphatic rings. The molecule has 3 aromatic heterocycles. The van der Waals surface area contributed by atoms with Crippen molar-refractivity contribution in [3.8, 4) is 11.1 Å². The predicted molar refractivity (Wildman–Crippen MR) is 180 cm³/mol. The highest BCUT2D eigenvalue weighted by molar-refractivity contribution is 6.76. The minimum Gasteiger partial charge on any atom is -0.361 e. The SMILES string of the molecule is C=Cc1ccc(-c2cnn3c(N(COCC[Si](C)(C)C)COCC[Si](C)(C)C)cc([C@H]4C[C@@H]5CC[C@@H](C5)C4)nc23)cn1. The lowest BCUT2D eigenvalue weighted by Gasteiger charge is -2.30. The number of anilines is 1. The topological polar surface area (TPSA) is 64.8 Å². The molecule has 2 aliphatic carbocycles. The van der Waals surface area contributed by atoms with Crippen LogP contribution in [0.15, 0.2) is 37.2 Å². The van der Waals surface area contributed by atoms with Crippen LogP contribution in [0.3, 0.4) is 0 Å². The first-order valence-electron chi connectivity index (χ1n) is 15.9. The molecule has 0 radical (unpaired) electrons. The Bertz CT molecular complexity index is 1310. The summed E-state index contributed by atoms with van der Waals surface area (Å²) in [6.45, 7) is 20.7. The molecule has 228 valence electrons. The summed E-state index contributed by atoms with van der Waals surface area (Å²) >= 11 is 0. The summed E-state index contributed by atoms with van der Waals surface area (Å²) in [4.78, 5) is 12.1. The van der Waals surface area contributed by atoms with E-state index in [1.54, 1.807) is 6.08 Å². The lowest BCUT2D eigenvalue weighted by Crippen LogP contribution is -2.33. The minimum absolute atomic E-state index is 0.469. The molecule has 0 N–H and O–H groups in total. The quantitative estimate of drug-likeness (QED) is 0.105. The van der Waals surface area contributed by atoms with Gasteiger partial charge in [-0.15, -0.1) is 0 Å². The number of fused-ring (bicyclic) bond motifs is 3. The molecule has 0 unspecified atom stereocenters. The van der Waals surface area contributed by atoms with Crippen molar-refractivity contribution in [2.24, 2.45) is 11.8 Å². The summed E-state index contributed by atoms with van der Waals surface area (Å²) in [6.07, 6.45) is 12.2. The van der Waals surface area contributed by atoms with Gasteiger partial charge >= 0.3 is 0 Å². The van der Waals surface area contributed by atoms with E-state index in [0.29, 0.717) is 19.4 Å². The Labute approximate surface area is 254 Å². The number of aromatic nitrogens is 4. The smallest absolute Gasteiger partial charge is 0.165 e. The van der Waals surface area contributed by atoms with Crippen LogP contribution in [0, 0.1) is 11.8 Å². The van der Waals surface area contributed by atoms with Crippen LogP contribution in [0.2, 0.25) is 51.4 Å². The second kappa shape index (κ2) is 13.1. The molecule has 7 nitrogen and oxygen atoms in total. The molecule has 2 saturated carbocycles. The Morgan fingerprint density at radius 3 is 2.12 bits per heavy atom.